The lowest BCUT2D eigenvalue weighted by Gasteiger charge is -2.07. The van der Waals surface area contributed by atoms with Gasteiger partial charge in [-0.15, -0.1) is 11.6 Å². The van der Waals surface area contributed by atoms with E-state index in [9.17, 15) is 0 Å². The van der Waals surface area contributed by atoms with E-state index in [1.54, 1.807) is 11.1 Å². The highest BCUT2D eigenvalue weighted by Gasteiger charge is 2.28. The predicted octanol–water partition coefficient (Wildman–Crippen LogP) is 2.73. The maximum absolute atomic E-state index is 5.74. The third kappa shape index (κ3) is 0.806. The number of allylic oxidation sites excluding steroid dienone is 2. The Morgan fingerprint density at radius 1 is 1.44 bits per heavy atom. The molecule has 0 aromatic carbocycles. The van der Waals surface area contributed by atoms with E-state index in [1.807, 2.05) is 0 Å². The maximum atomic E-state index is 5.74. The minimum Gasteiger partial charge on any atom is -0.122 e. The summed E-state index contributed by atoms with van der Waals surface area (Å²) in [6, 6.07) is 0. The quantitative estimate of drug-likeness (QED) is 0.390. The molecule has 0 N–H and O–H groups in total. The van der Waals surface area contributed by atoms with E-state index in [0.717, 1.165) is 11.8 Å². The van der Waals surface area contributed by atoms with Crippen molar-refractivity contribution in [2.75, 3.05) is 5.88 Å². The molecule has 1 heteroatoms. The molecule has 0 aromatic heterocycles. The Morgan fingerprint density at radius 2 is 2.33 bits per heavy atom. The Hall–Kier alpha value is 0.0300. The van der Waals surface area contributed by atoms with Gasteiger partial charge in [0.1, 0.15) is 0 Å². The lowest BCUT2D eigenvalue weighted by Crippen LogP contribution is -1.94. The number of rotatable bonds is 1. The van der Waals surface area contributed by atoms with Gasteiger partial charge in [0.25, 0.3) is 0 Å². The fraction of sp³-hybridized carbons (Fsp3) is 0.750. The summed E-state index contributed by atoms with van der Waals surface area (Å²) < 4.78 is 0. The van der Waals surface area contributed by atoms with Crippen molar-refractivity contribution < 1.29 is 0 Å². The van der Waals surface area contributed by atoms with Crippen molar-refractivity contribution in [3.63, 3.8) is 0 Å². The molecule has 0 aromatic rings. The van der Waals surface area contributed by atoms with Crippen LogP contribution in [0.15, 0.2) is 11.1 Å². The van der Waals surface area contributed by atoms with Gasteiger partial charge in [-0.2, -0.15) is 0 Å². The first-order valence-electron chi connectivity index (χ1n) is 3.66. The highest BCUT2D eigenvalue weighted by molar-refractivity contribution is 6.19. The van der Waals surface area contributed by atoms with Crippen LogP contribution in [0.3, 0.4) is 0 Å². The maximum Gasteiger partial charge on any atom is 0.0436 e. The van der Waals surface area contributed by atoms with Crippen molar-refractivity contribution >= 4 is 11.6 Å². The van der Waals surface area contributed by atoms with Crippen LogP contribution in [0.25, 0.3) is 0 Å². The van der Waals surface area contributed by atoms with Crippen molar-refractivity contribution in [1.82, 2.24) is 0 Å². The zero-order valence-electron chi connectivity index (χ0n) is 5.49. The van der Waals surface area contributed by atoms with Gasteiger partial charge in [-0.3, -0.25) is 0 Å². The summed E-state index contributed by atoms with van der Waals surface area (Å²) in [5.41, 5.74) is 3.25. The minimum absolute atomic E-state index is 0.797. The molecule has 0 spiro atoms. The zero-order valence-corrected chi connectivity index (χ0v) is 6.25. The molecule has 1 unspecified atom stereocenters. The van der Waals surface area contributed by atoms with Crippen LogP contribution in [0.4, 0.5) is 0 Å². The van der Waals surface area contributed by atoms with Crippen LogP contribution in [0, 0.1) is 5.92 Å². The average Bonchev–Trinajstić information content (AvgIpc) is 2.45. The van der Waals surface area contributed by atoms with Crippen LogP contribution in [0.2, 0.25) is 0 Å². The van der Waals surface area contributed by atoms with E-state index in [4.69, 9.17) is 11.6 Å². The van der Waals surface area contributed by atoms with Crippen molar-refractivity contribution in [2.45, 2.75) is 25.7 Å². The molecule has 0 saturated heterocycles. The number of fused-ring (bicyclic) bond motifs is 2. The van der Waals surface area contributed by atoms with Gasteiger partial charge in [0, 0.05) is 5.88 Å². The van der Waals surface area contributed by atoms with Crippen LogP contribution in [-0.4, -0.2) is 5.88 Å². The molecule has 2 aliphatic rings. The van der Waals surface area contributed by atoms with Crippen molar-refractivity contribution in [1.29, 1.82) is 0 Å². The Kier molecular flexibility index (Phi) is 1.30. The molecule has 2 aliphatic carbocycles. The minimum atomic E-state index is 0.797. The normalized spacial score (nSPS) is 32.3. The fourth-order valence-electron chi connectivity index (χ4n) is 2.07. The van der Waals surface area contributed by atoms with E-state index < -0.39 is 0 Å². The molecule has 0 radical (unpaired) electrons. The SMILES string of the molecule is ClCC1=C2CCC(C1)C2. The molecule has 0 nitrogen and oxygen atoms in total. The van der Waals surface area contributed by atoms with Gasteiger partial charge in [0.2, 0.25) is 0 Å². The molecule has 1 saturated carbocycles. The summed E-state index contributed by atoms with van der Waals surface area (Å²) in [7, 11) is 0. The largest absolute Gasteiger partial charge is 0.122 e. The summed E-state index contributed by atoms with van der Waals surface area (Å²) in [5, 5.41) is 0. The van der Waals surface area contributed by atoms with Crippen LogP contribution in [0.5, 0.6) is 0 Å². The van der Waals surface area contributed by atoms with Crippen molar-refractivity contribution in [2.24, 2.45) is 5.92 Å². The number of hydrogen-bond donors (Lipinski definition) is 0. The first-order valence-corrected chi connectivity index (χ1v) is 4.19. The molecular formula is C8H11Cl. The molecular weight excluding hydrogens is 132 g/mol. The van der Waals surface area contributed by atoms with Crippen LogP contribution in [-0.2, 0) is 0 Å². The average molecular weight is 143 g/mol. The van der Waals surface area contributed by atoms with Gasteiger partial charge in [-0.05, 0) is 31.6 Å². The Bertz CT molecular complexity index is 158. The standard InChI is InChI=1S/C8H11Cl/c9-5-8-4-6-1-2-7(8)3-6/h6H,1-5H2. The topological polar surface area (TPSA) is 0 Å². The van der Waals surface area contributed by atoms with Crippen molar-refractivity contribution in [3.05, 3.63) is 11.1 Å². The van der Waals surface area contributed by atoms with E-state index >= 15 is 0 Å². The summed E-state index contributed by atoms with van der Waals surface area (Å²) in [4.78, 5) is 0. The second kappa shape index (κ2) is 2.02. The van der Waals surface area contributed by atoms with Gasteiger partial charge < -0.3 is 0 Å². The Balaban J connectivity index is 2.22. The van der Waals surface area contributed by atoms with E-state index in [0.29, 0.717) is 0 Å². The van der Waals surface area contributed by atoms with Gasteiger partial charge in [0.05, 0.1) is 0 Å². The van der Waals surface area contributed by atoms with Crippen molar-refractivity contribution in [3.8, 4) is 0 Å². The molecule has 50 valence electrons. The third-order valence-corrected chi connectivity index (χ3v) is 2.91. The van der Waals surface area contributed by atoms with Gasteiger partial charge >= 0.3 is 0 Å². The Labute approximate surface area is 60.9 Å². The molecule has 2 rings (SSSR count). The molecule has 0 heterocycles. The second-order valence-electron chi connectivity index (χ2n) is 3.15. The molecule has 0 aliphatic heterocycles. The highest BCUT2D eigenvalue weighted by atomic mass is 35.5. The first kappa shape index (κ1) is 5.79. The molecule has 2 bridgehead atoms. The van der Waals surface area contributed by atoms with Crippen LogP contribution in [0.1, 0.15) is 25.7 Å². The molecule has 1 fully saturated rings. The predicted molar refractivity (Wildman–Crippen MR) is 39.7 cm³/mol. The lowest BCUT2D eigenvalue weighted by atomic mass is 10.0. The summed E-state index contributed by atoms with van der Waals surface area (Å²) >= 11 is 5.74. The first-order chi connectivity index (χ1) is 4.40. The second-order valence-corrected chi connectivity index (χ2v) is 3.42. The molecule has 9 heavy (non-hydrogen) atoms. The number of hydrogen-bond acceptors (Lipinski definition) is 0. The highest BCUT2D eigenvalue weighted by Crippen LogP contribution is 2.44. The lowest BCUT2D eigenvalue weighted by molar-refractivity contribution is 0.564. The molecule has 0 amide bonds. The third-order valence-electron chi connectivity index (χ3n) is 2.59. The van der Waals surface area contributed by atoms with E-state index in [2.05, 4.69) is 0 Å². The summed E-state index contributed by atoms with van der Waals surface area (Å²) in [6.07, 6.45) is 5.49. The van der Waals surface area contributed by atoms with Crippen LogP contribution >= 0.6 is 11.6 Å². The number of halogens is 1. The fourth-order valence-corrected chi connectivity index (χ4v) is 2.37. The van der Waals surface area contributed by atoms with Gasteiger partial charge in [-0.25, -0.2) is 0 Å². The zero-order chi connectivity index (χ0) is 6.27. The van der Waals surface area contributed by atoms with Crippen LogP contribution < -0.4 is 0 Å². The smallest absolute Gasteiger partial charge is 0.0436 e. The summed E-state index contributed by atoms with van der Waals surface area (Å²) in [5.74, 6) is 1.79. The van der Waals surface area contributed by atoms with E-state index in [-0.39, 0.29) is 0 Å². The molecule has 1 atom stereocenters. The van der Waals surface area contributed by atoms with Gasteiger partial charge in [0.15, 0.2) is 0 Å². The summed E-state index contributed by atoms with van der Waals surface area (Å²) in [6.45, 7) is 0. The van der Waals surface area contributed by atoms with Gasteiger partial charge in [-0.1, -0.05) is 11.1 Å². The Morgan fingerprint density at radius 3 is 2.67 bits per heavy atom. The van der Waals surface area contributed by atoms with E-state index in [1.165, 1.54) is 25.7 Å². The monoisotopic (exact) mass is 142 g/mol. The number of alkyl halides is 1.